The summed E-state index contributed by atoms with van der Waals surface area (Å²) in [5.74, 6) is -2.19. The molecule has 120 valence electrons. The van der Waals surface area contributed by atoms with E-state index in [0.29, 0.717) is 17.6 Å². The summed E-state index contributed by atoms with van der Waals surface area (Å²) < 4.78 is 0. The molecule has 1 aliphatic rings. The van der Waals surface area contributed by atoms with Crippen molar-refractivity contribution in [2.45, 2.75) is 5.92 Å². The van der Waals surface area contributed by atoms with Crippen LogP contribution in [0, 0.1) is 5.92 Å². The fraction of sp³-hybridized carbons (Fsp3) is 0.176. The molecule has 2 N–H and O–H groups in total. The Morgan fingerprint density at radius 2 is 1.79 bits per heavy atom. The van der Waals surface area contributed by atoms with Gasteiger partial charge in [0.2, 0.25) is 5.91 Å². The smallest absolute Gasteiger partial charge is 0.255 e. The van der Waals surface area contributed by atoms with Gasteiger partial charge < -0.3 is 5.73 Å². The minimum atomic E-state index is -0.907. The Bertz CT molecular complexity index is 921. The number of para-hydroxylation sites is 1. The third kappa shape index (κ3) is 2.13. The van der Waals surface area contributed by atoms with Gasteiger partial charge in [-0.1, -0.05) is 42.5 Å². The number of amides is 2. The molecular weight excluding hydrogens is 306 g/mol. The molecule has 1 aromatic heterocycles. The molecule has 0 saturated carbocycles. The summed E-state index contributed by atoms with van der Waals surface area (Å²) in [7, 11) is 0. The zero-order valence-electron chi connectivity index (χ0n) is 12.7. The van der Waals surface area contributed by atoms with Gasteiger partial charge in [-0.05, 0) is 22.9 Å². The van der Waals surface area contributed by atoms with Gasteiger partial charge in [-0.3, -0.25) is 9.59 Å². The van der Waals surface area contributed by atoms with Crippen molar-refractivity contribution in [1.82, 2.24) is 15.1 Å². The van der Waals surface area contributed by atoms with Gasteiger partial charge in [0.1, 0.15) is 17.0 Å². The summed E-state index contributed by atoms with van der Waals surface area (Å²) in [6.45, 7) is 0.323. The van der Waals surface area contributed by atoms with E-state index in [1.165, 1.54) is 9.80 Å². The quantitative estimate of drug-likeness (QED) is 0.722. The molecule has 4 rings (SSSR count). The SMILES string of the molecule is NC(=O)C1C(=O)N(n2nnc3ccccc32)CC1c1ccccc1. The molecule has 1 saturated heterocycles. The Balaban J connectivity index is 1.78. The zero-order chi connectivity index (χ0) is 16.7. The van der Waals surface area contributed by atoms with Gasteiger partial charge >= 0.3 is 0 Å². The van der Waals surface area contributed by atoms with Crippen molar-refractivity contribution >= 4 is 22.8 Å². The molecule has 1 aliphatic heterocycles. The Morgan fingerprint density at radius 3 is 2.54 bits per heavy atom. The minimum Gasteiger partial charge on any atom is -0.369 e. The van der Waals surface area contributed by atoms with E-state index < -0.39 is 11.8 Å². The average molecular weight is 321 g/mol. The first-order valence-corrected chi connectivity index (χ1v) is 7.63. The highest BCUT2D eigenvalue weighted by Crippen LogP contribution is 2.33. The fourth-order valence-electron chi connectivity index (χ4n) is 3.24. The molecular formula is C17H15N5O2. The van der Waals surface area contributed by atoms with E-state index in [4.69, 9.17) is 5.73 Å². The number of rotatable bonds is 3. The van der Waals surface area contributed by atoms with Crippen LogP contribution in [0.4, 0.5) is 0 Å². The number of fused-ring (bicyclic) bond motifs is 1. The molecule has 2 heterocycles. The summed E-state index contributed by atoms with van der Waals surface area (Å²) in [6.07, 6.45) is 0. The lowest BCUT2D eigenvalue weighted by molar-refractivity contribution is -0.131. The molecule has 1 fully saturated rings. The summed E-state index contributed by atoms with van der Waals surface area (Å²) in [6, 6.07) is 16.8. The van der Waals surface area contributed by atoms with Gasteiger partial charge in [0, 0.05) is 5.92 Å². The van der Waals surface area contributed by atoms with Gasteiger partial charge in [-0.2, -0.15) is 0 Å². The lowest BCUT2D eigenvalue weighted by atomic mass is 9.88. The molecule has 0 aliphatic carbocycles. The lowest BCUT2D eigenvalue weighted by Gasteiger charge is -2.16. The molecule has 3 aromatic rings. The normalized spacial score (nSPS) is 20.7. The van der Waals surface area contributed by atoms with Gasteiger partial charge in [0.05, 0.1) is 6.54 Å². The molecule has 2 unspecified atom stereocenters. The first kappa shape index (κ1) is 14.4. The number of hydrogen-bond acceptors (Lipinski definition) is 4. The molecule has 0 spiro atoms. The van der Waals surface area contributed by atoms with Gasteiger partial charge in [-0.15, -0.1) is 9.89 Å². The monoisotopic (exact) mass is 321 g/mol. The van der Waals surface area contributed by atoms with Crippen molar-refractivity contribution in [3.63, 3.8) is 0 Å². The number of hydrogen-bond donors (Lipinski definition) is 1. The van der Waals surface area contributed by atoms with E-state index in [1.54, 1.807) is 0 Å². The van der Waals surface area contributed by atoms with Crippen molar-refractivity contribution in [3.8, 4) is 0 Å². The standard InChI is InChI=1S/C17H15N5O2/c18-16(23)15-12(11-6-2-1-3-7-11)10-21(17(15)24)22-14-9-5-4-8-13(14)19-20-22/h1-9,12,15H,10H2,(H2,18,23). The molecule has 0 radical (unpaired) electrons. The summed E-state index contributed by atoms with van der Waals surface area (Å²) in [4.78, 5) is 26.2. The van der Waals surface area contributed by atoms with E-state index in [-0.39, 0.29) is 11.8 Å². The van der Waals surface area contributed by atoms with Crippen LogP contribution in [0.2, 0.25) is 0 Å². The average Bonchev–Trinajstić information content (AvgIpc) is 3.16. The van der Waals surface area contributed by atoms with Gasteiger partial charge in [0.25, 0.3) is 5.91 Å². The van der Waals surface area contributed by atoms with E-state index in [9.17, 15) is 9.59 Å². The number of nitrogens with two attached hydrogens (primary N) is 1. The minimum absolute atomic E-state index is 0.306. The van der Waals surface area contributed by atoms with E-state index in [1.807, 2.05) is 54.6 Å². The Kier molecular flexibility index (Phi) is 3.26. The van der Waals surface area contributed by atoms with Crippen molar-refractivity contribution in [3.05, 3.63) is 60.2 Å². The first-order valence-electron chi connectivity index (χ1n) is 7.63. The van der Waals surface area contributed by atoms with Gasteiger partial charge in [0.15, 0.2) is 0 Å². The highest BCUT2D eigenvalue weighted by Gasteiger charge is 2.46. The predicted molar refractivity (Wildman–Crippen MR) is 87.5 cm³/mol. The van der Waals surface area contributed by atoms with Crippen molar-refractivity contribution < 1.29 is 9.59 Å². The maximum Gasteiger partial charge on any atom is 0.255 e. The van der Waals surface area contributed by atoms with Crippen LogP contribution in [-0.2, 0) is 9.59 Å². The number of primary amides is 1. The predicted octanol–water partition coefficient (Wildman–Crippen LogP) is 0.795. The summed E-state index contributed by atoms with van der Waals surface area (Å²) in [5, 5.41) is 9.58. The van der Waals surface area contributed by atoms with Crippen LogP contribution in [-0.4, -0.2) is 33.5 Å². The lowest BCUT2D eigenvalue weighted by Crippen LogP contribution is -2.40. The summed E-state index contributed by atoms with van der Waals surface area (Å²) >= 11 is 0. The van der Waals surface area contributed by atoms with Crippen molar-refractivity contribution in [2.75, 3.05) is 11.6 Å². The second-order valence-corrected chi connectivity index (χ2v) is 5.79. The van der Waals surface area contributed by atoms with Crippen LogP contribution in [0.5, 0.6) is 0 Å². The largest absolute Gasteiger partial charge is 0.369 e. The molecule has 7 nitrogen and oxygen atoms in total. The molecule has 0 bridgehead atoms. The highest BCUT2D eigenvalue weighted by atomic mass is 16.2. The van der Waals surface area contributed by atoms with Crippen LogP contribution in [0.15, 0.2) is 54.6 Å². The topological polar surface area (TPSA) is 94.1 Å². The van der Waals surface area contributed by atoms with E-state index in [2.05, 4.69) is 10.3 Å². The third-order valence-electron chi connectivity index (χ3n) is 4.39. The zero-order valence-corrected chi connectivity index (χ0v) is 12.7. The molecule has 7 heteroatoms. The maximum atomic E-state index is 12.8. The van der Waals surface area contributed by atoms with Crippen molar-refractivity contribution in [1.29, 1.82) is 0 Å². The van der Waals surface area contributed by atoms with Crippen LogP contribution in [0.1, 0.15) is 11.5 Å². The van der Waals surface area contributed by atoms with Crippen LogP contribution in [0.25, 0.3) is 11.0 Å². The highest BCUT2D eigenvalue weighted by molar-refractivity contribution is 6.07. The third-order valence-corrected chi connectivity index (χ3v) is 4.39. The van der Waals surface area contributed by atoms with Crippen molar-refractivity contribution in [2.24, 2.45) is 11.7 Å². The fourth-order valence-corrected chi connectivity index (χ4v) is 3.24. The number of nitrogens with zero attached hydrogens (tertiary/aromatic N) is 4. The van der Waals surface area contributed by atoms with E-state index in [0.717, 1.165) is 5.56 Å². The second kappa shape index (κ2) is 5.45. The summed E-state index contributed by atoms with van der Waals surface area (Å²) in [5.41, 5.74) is 7.81. The Morgan fingerprint density at radius 1 is 1.08 bits per heavy atom. The molecule has 2 aromatic carbocycles. The first-order chi connectivity index (χ1) is 11.7. The molecule has 2 atom stereocenters. The van der Waals surface area contributed by atoms with Gasteiger partial charge in [-0.25, -0.2) is 5.01 Å². The van der Waals surface area contributed by atoms with Crippen LogP contribution < -0.4 is 10.7 Å². The maximum absolute atomic E-state index is 12.8. The number of aromatic nitrogens is 3. The number of benzene rings is 2. The van der Waals surface area contributed by atoms with Crippen LogP contribution in [0.3, 0.4) is 0 Å². The van der Waals surface area contributed by atoms with Crippen LogP contribution >= 0.6 is 0 Å². The number of carbonyl (C=O) groups excluding carboxylic acids is 2. The second-order valence-electron chi connectivity index (χ2n) is 5.79. The Labute approximate surface area is 137 Å². The molecule has 2 amide bonds. The Hall–Kier alpha value is -3.22. The van der Waals surface area contributed by atoms with E-state index >= 15 is 0 Å². The molecule has 24 heavy (non-hydrogen) atoms. The number of carbonyl (C=O) groups is 2.